The van der Waals surface area contributed by atoms with Gasteiger partial charge in [-0.1, -0.05) is 6.07 Å². The minimum atomic E-state index is 0.667. The highest BCUT2D eigenvalue weighted by Crippen LogP contribution is 2.41. The van der Waals surface area contributed by atoms with Crippen LogP contribution in [0.1, 0.15) is 36.8 Å². The van der Waals surface area contributed by atoms with E-state index in [9.17, 15) is 0 Å². The average molecular weight is 256 g/mol. The van der Waals surface area contributed by atoms with Crippen LogP contribution in [0.2, 0.25) is 0 Å². The standard InChI is InChI=1S/C16H20N2O/c1-19-16-9-12(10-17)4-5-14(16)11-18-8-2-3-15(18)13-6-7-13/h4-5,9,13,15H,2-3,6-8,11H2,1H3. The Morgan fingerprint density at radius 3 is 2.89 bits per heavy atom. The predicted octanol–water partition coefficient (Wildman–Crippen LogP) is 2.94. The molecule has 19 heavy (non-hydrogen) atoms. The third-order valence-corrected chi connectivity index (χ3v) is 4.37. The second-order valence-corrected chi connectivity index (χ2v) is 5.66. The average Bonchev–Trinajstić information content (AvgIpc) is 3.19. The van der Waals surface area contributed by atoms with Gasteiger partial charge in [0.2, 0.25) is 0 Å². The zero-order chi connectivity index (χ0) is 13.2. The number of likely N-dealkylation sites (tertiary alicyclic amines) is 1. The highest BCUT2D eigenvalue weighted by molar-refractivity contribution is 5.42. The van der Waals surface area contributed by atoms with Gasteiger partial charge in [-0.3, -0.25) is 4.90 Å². The summed E-state index contributed by atoms with van der Waals surface area (Å²) in [6.45, 7) is 2.15. The Morgan fingerprint density at radius 1 is 1.37 bits per heavy atom. The molecule has 1 heterocycles. The van der Waals surface area contributed by atoms with Crippen LogP contribution in [-0.2, 0) is 6.54 Å². The van der Waals surface area contributed by atoms with Gasteiger partial charge in [-0.05, 0) is 50.3 Å². The molecule has 0 aromatic heterocycles. The van der Waals surface area contributed by atoms with E-state index in [2.05, 4.69) is 11.0 Å². The Balaban J connectivity index is 1.77. The molecular weight excluding hydrogens is 236 g/mol. The van der Waals surface area contributed by atoms with E-state index in [4.69, 9.17) is 10.00 Å². The molecule has 1 atom stereocenters. The highest BCUT2D eigenvalue weighted by Gasteiger charge is 2.37. The molecule has 1 aliphatic carbocycles. The molecule has 0 bridgehead atoms. The molecule has 1 aliphatic heterocycles. The number of rotatable bonds is 4. The normalized spacial score (nSPS) is 23.3. The Bertz CT molecular complexity index is 502. The summed E-state index contributed by atoms with van der Waals surface area (Å²) >= 11 is 0. The van der Waals surface area contributed by atoms with Crippen LogP contribution < -0.4 is 4.74 Å². The van der Waals surface area contributed by atoms with Crippen LogP contribution in [0.3, 0.4) is 0 Å². The fourth-order valence-corrected chi connectivity index (χ4v) is 3.23. The number of nitrogens with zero attached hydrogens (tertiary/aromatic N) is 2. The maximum absolute atomic E-state index is 8.94. The third kappa shape index (κ3) is 2.59. The Morgan fingerprint density at radius 2 is 2.21 bits per heavy atom. The van der Waals surface area contributed by atoms with Crippen LogP contribution in [0.4, 0.5) is 0 Å². The Labute approximate surface area is 114 Å². The lowest BCUT2D eigenvalue weighted by molar-refractivity contribution is 0.221. The van der Waals surface area contributed by atoms with Crippen molar-refractivity contribution in [3.63, 3.8) is 0 Å². The van der Waals surface area contributed by atoms with Crippen molar-refractivity contribution in [1.82, 2.24) is 4.90 Å². The number of methoxy groups -OCH3 is 1. The molecule has 3 nitrogen and oxygen atoms in total. The maximum Gasteiger partial charge on any atom is 0.124 e. The van der Waals surface area contributed by atoms with Gasteiger partial charge in [0.05, 0.1) is 18.7 Å². The molecule has 2 fully saturated rings. The van der Waals surface area contributed by atoms with Crippen molar-refractivity contribution in [2.45, 2.75) is 38.3 Å². The second kappa shape index (κ2) is 5.22. The first-order valence-electron chi connectivity index (χ1n) is 7.13. The molecule has 3 rings (SSSR count). The molecule has 1 aromatic carbocycles. The van der Waals surface area contributed by atoms with E-state index in [1.807, 2.05) is 18.2 Å². The first kappa shape index (κ1) is 12.5. The largest absolute Gasteiger partial charge is 0.496 e. The van der Waals surface area contributed by atoms with Gasteiger partial charge in [-0.2, -0.15) is 5.26 Å². The molecule has 100 valence electrons. The fourth-order valence-electron chi connectivity index (χ4n) is 3.23. The summed E-state index contributed by atoms with van der Waals surface area (Å²) in [5.41, 5.74) is 1.87. The van der Waals surface area contributed by atoms with Crippen molar-refractivity contribution >= 4 is 0 Å². The first-order valence-corrected chi connectivity index (χ1v) is 7.13. The van der Waals surface area contributed by atoms with Gasteiger partial charge in [0, 0.05) is 18.2 Å². The van der Waals surface area contributed by atoms with Gasteiger partial charge in [-0.15, -0.1) is 0 Å². The van der Waals surface area contributed by atoms with Crippen LogP contribution in [0.25, 0.3) is 0 Å². The molecular formula is C16H20N2O. The monoisotopic (exact) mass is 256 g/mol. The summed E-state index contributed by atoms with van der Waals surface area (Å²) in [5.74, 6) is 1.78. The summed E-state index contributed by atoms with van der Waals surface area (Å²) in [6, 6.07) is 8.72. The van der Waals surface area contributed by atoms with E-state index in [1.54, 1.807) is 7.11 Å². The predicted molar refractivity (Wildman–Crippen MR) is 73.9 cm³/mol. The van der Waals surface area contributed by atoms with Crippen molar-refractivity contribution < 1.29 is 4.74 Å². The van der Waals surface area contributed by atoms with E-state index in [1.165, 1.54) is 37.8 Å². The topological polar surface area (TPSA) is 36.3 Å². The molecule has 1 aromatic rings. The van der Waals surface area contributed by atoms with Crippen LogP contribution in [0.5, 0.6) is 5.75 Å². The summed E-state index contributed by atoms with van der Waals surface area (Å²) < 4.78 is 5.43. The van der Waals surface area contributed by atoms with Crippen LogP contribution in [-0.4, -0.2) is 24.6 Å². The zero-order valence-electron chi connectivity index (χ0n) is 11.4. The molecule has 1 unspecified atom stereocenters. The van der Waals surface area contributed by atoms with Crippen molar-refractivity contribution in [3.05, 3.63) is 29.3 Å². The number of ether oxygens (including phenoxy) is 1. The van der Waals surface area contributed by atoms with E-state index in [-0.39, 0.29) is 0 Å². The molecule has 0 amide bonds. The highest BCUT2D eigenvalue weighted by atomic mass is 16.5. The Kier molecular flexibility index (Phi) is 3.44. The minimum Gasteiger partial charge on any atom is -0.496 e. The quantitative estimate of drug-likeness (QED) is 0.831. The van der Waals surface area contributed by atoms with Crippen molar-refractivity contribution in [2.75, 3.05) is 13.7 Å². The summed E-state index contributed by atoms with van der Waals surface area (Å²) in [6.07, 6.45) is 5.49. The summed E-state index contributed by atoms with van der Waals surface area (Å²) in [7, 11) is 1.68. The summed E-state index contributed by atoms with van der Waals surface area (Å²) in [5, 5.41) is 8.94. The molecule has 0 N–H and O–H groups in total. The Hall–Kier alpha value is -1.53. The van der Waals surface area contributed by atoms with Gasteiger partial charge in [0.25, 0.3) is 0 Å². The fraction of sp³-hybridized carbons (Fsp3) is 0.562. The molecule has 2 aliphatic rings. The molecule has 3 heteroatoms. The molecule has 1 saturated carbocycles. The zero-order valence-corrected chi connectivity index (χ0v) is 11.4. The third-order valence-electron chi connectivity index (χ3n) is 4.37. The molecule has 0 spiro atoms. The maximum atomic E-state index is 8.94. The van der Waals surface area contributed by atoms with Gasteiger partial charge < -0.3 is 4.74 Å². The van der Waals surface area contributed by atoms with Crippen molar-refractivity contribution in [1.29, 1.82) is 5.26 Å². The van der Waals surface area contributed by atoms with Crippen molar-refractivity contribution in [2.24, 2.45) is 5.92 Å². The van der Waals surface area contributed by atoms with E-state index in [0.717, 1.165) is 24.3 Å². The number of hydrogen-bond donors (Lipinski definition) is 0. The van der Waals surface area contributed by atoms with Gasteiger partial charge in [0.15, 0.2) is 0 Å². The van der Waals surface area contributed by atoms with Crippen LogP contribution >= 0.6 is 0 Å². The van der Waals surface area contributed by atoms with E-state index >= 15 is 0 Å². The molecule has 0 radical (unpaired) electrons. The van der Waals surface area contributed by atoms with E-state index < -0.39 is 0 Å². The van der Waals surface area contributed by atoms with Gasteiger partial charge in [-0.25, -0.2) is 0 Å². The summed E-state index contributed by atoms with van der Waals surface area (Å²) in [4.78, 5) is 2.60. The first-order chi connectivity index (χ1) is 9.31. The van der Waals surface area contributed by atoms with Crippen LogP contribution in [0, 0.1) is 17.2 Å². The SMILES string of the molecule is COc1cc(C#N)ccc1CN1CCCC1C1CC1. The minimum absolute atomic E-state index is 0.667. The lowest BCUT2D eigenvalue weighted by Gasteiger charge is -2.25. The second-order valence-electron chi connectivity index (χ2n) is 5.66. The smallest absolute Gasteiger partial charge is 0.124 e. The van der Waals surface area contributed by atoms with Crippen molar-refractivity contribution in [3.8, 4) is 11.8 Å². The number of hydrogen-bond acceptors (Lipinski definition) is 3. The number of nitriles is 1. The van der Waals surface area contributed by atoms with E-state index in [0.29, 0.717) is 5.56 Å². The van der Waals surface area contributed by atoms with Crippen LogP contribution in [0.15, 0.2) is 18.2 Å². The lowest BCUT2D eigenvalue weighted by Crippen LogP contribution is -2.30. The van der Waals surface area contributed by atoms with Gasteiger partial charge >= 0.3 is 0 Å². The van der Waals surface area contributed by atoms with Gasteiger partial charge in [0.1, 0.15) is 5.75 Å². The number of benzene rings is 1. The molecule has 1 saturated heterocycles. The lowest BCUT2D eigenvalue weighted by atomic mass is 10.1.